The van der Waals surface area contributed by atoms with Crippen molar-refractivity contribution >= 4 is 22.8 Å². The summed E-state index contributed by atoms with van der Waals surface area (Å²) in [6, 6.07) is 19.2. The first kappa shape index (κ1) is 24.1. The molecule has 3 aromatic heterocycles. The van der Waals surface area contributed by atoms with E-state index in [0.717, 1.165) is 35.5 Å². The molecule has 3 aliphatic heterocycles. The van der Waals surface area contributed by atoms with E-state index in [2.05, 4.69) is 62.1 Å². The van der Waals surface area contributed by atoms with E-state index in [9.17, 15) is 5.11 Å². The number of ether oxygens (including phenoxy) is 3. The van der Waals surface area contributed by atoms with E-state index in [1.807, 2.05) is 24.4 Å². The average molecular weight is 556 g/mol. The predicted octanol–water partition coefficient (Wildman–Crippen LogP) is 4.39. The second-order valence-corrected chi connectivity index (χ2v) is 11.1. The summed E-state index contributed by atoms with van der Waals surface area (Å²) < 4.78 is 19.5. The van der Waals surface area contributed by atoms with Crippen molar-refractivity contribution in [3.05, 3.63) is 83.4 Å². The van der Waals surface area contributed by atoms with Gasteiger partial charge in [0.15, 0.2) is 11.8 Å². The van der Waals surface area contributed by atoms with Crippen LogP contribution in [0.25, 0.3) is 33.5 Å². The van der Waals surface area contributed by atoms with Crippen LogP contribution in [0.4, 0.5) is 0 Å². The summed E-state index contributed by atoms with van der Waals surface area (Å²) in [7, 11) is 0. The molecule has 0 bridgehead atoms. The van der Waals surface area contributed by atoms with E-state index in [-0.39, 0.29) is 24.9 Å². The van der Waals surface area contributed by atoms with Crippen LogP contribution in [0, 0.1) is 0 Å². The lowest BCUT2D eigenvalue weighted by Crippen LogP contribution is -2.34. The molecule has 202 valence electrons. The molecule has 0 amide bonds. The topological polar surface area (TPSA) is 107 Å². The lowest BCUT2D eigenvalue weighted by molar-refractivity contribution is 0.00706. The maximum absolute atomic E-state index is 9.97. The van der Waals surface area contributed by atoms with Gasteiger partial charge in [0.2, 0.25) is 0 Å². The van der Waals surface area contributed by atoms with Crippen molar-refractivity contribution in [2.24, 2.45) is 0 Å². The number of benzene rings is 2. The molecule has 0 radical (unpaired) electrons. The van der Waals surface area contributed by atoms with Crippen LogP contribution in [0.5, 0.6) is 6.01 Å². The number of hydrogen-bond acceptors (Lipinski definition) is 7. The Morgan fingerprint density at radius 2 is 1.70 bits per heavy atom. The molecule has 5 aromatic rings. The minimum absolute atomic E-state index is 0.244. The molecule has 2 aromatic carbocycles. The zero-order valence-corrected chi connectivity index (χ0v) is 22.2. The molecule has 3 aliphatic rings. The molecule has 6 heterocycles. The molecular weight excluding hydrogens is 530 g/mol. The van der Waals surface area contributed by atoms with Gasteiger partial charge in [-0.05, 0) is 22.8 Å². The Balaban J connectivity index is 0.992. The molecule has 5 atom stereocenters. The molecule has 1 unspecified atom stereocenters. The summed E-state index contributed by atoms with van der Waals surface area (Å²) >= 11 is 6.64. The van der Waals surface area contributed by atoms with Crippen molar-refractivity contribution in [2.75, 3.05) is 13.2 Å². The van der Waals surface area contributed by atoms with E-state index in [4.69, 9.17) is 30.8 Å². The number of aromatic amines is 1. The first-order valence-corrected chi connectivity index (χ1v) is 13.8. The first-order chi connectivity index (χ1) is 19.6. The Morgan fingerprint density at radius 3 is 2.50 bits per heavy atom. The smallest absolute Gasteiger partial charge is 0.296 e. The monoisotopic (exact) mass is 555 g/mol. The Labute approximate surface area is 234 Å². The molecule has 0 saturated carbocycles. The average Bonchev–Trinajstić information content (AvgIpc) is 3.78. The summed E-state index contributed by atoms with van der Waals surface area (Å²) in [6.07, 6.45) is 3.23. The van der Waals surface area contributed by atoms with Gasteiger partial charge in [0, 0.05) is 36.8 Å². The third-order valence-electron chi connectivity index (χ3n) is 8.17. The standard InChI is InChI=1S/C30H26ClN5O4/c31-21-12-22-29(35-30(33-22)40-24-15-39-27-23(37)14-38-28(24)27)34-26(21)19-7-5-17(6-8-19)16-1-3-18(4-2-16)20-11-25-32-9-10-36(25)13-20/h1-10,12,20,23-24,27-28,37H,11,13-15H2,(H,33,34,35)/t20?,23-,24-,27-,28-/m1/s1. The number of fused-ring (bicyclic) bond motifs is 3. The molecule has 2 fully saturated rings. The van der Waals surface area contributed by atoms with Crippen molar-refractivity contribution in [1.82, 2.24) is 24.5 Å². The van der Waals surface area contributed by atoms with Crippen molar-refractivity contribution in [3.8, 4) is 28.4 Å². The van der Waals surface area contributed by atoms with E-state index < -0.39 is 6.10 Å². The van der Waals surface area contributed by atoms with Crippen molar-refractivity contribution in [3.63, 3.8) is 0 Å². The molecule has 9 nitrogen and oxygen atoms in total. The number of hydrogen-bond donors (Lipinski definition) is 2. The fourth-order valence-corrected chi connectivity index (χ4v) is 6.31. The number of aliphatic hydroxyl groups excluding tert-OH is 1. The molecular formula is C30H26ClN5O4. The van der Waals surface area contributed by atoms with Crippen LogP contribution in [0.15, 0.2) is 67.0 Å². The lowest BCUT2D eigenvalue weighted by atomic mass is 9.95. The summed E-state index contributed by atoms with van der Waals surface area (Å²) in [4.78, 5) is 16.8. The summed E-state index contributed by atoms with van der Waals surface area (Å²) in [6.45, 7) is 1.55. The highest BCUT2D eigenvalue weighted by Gasteiger charge is 2.48. The molecule has 40 heavy (non-hydrogen) atoms. The number of halogens is 1. The molecule has 0 aliphatic carbocycles. The number of pyridine rings is 1. The number of aromatic nitrogens is 5. The maximum atomic E-state index is 9.97. The van der Waals surface area contributed by atoms with Crippen LogP contribution >= 0.6 is 11.6 Å². The summed E-state index contributed by atoms with van der Waals surface area (Å²) in [5, 5.41) is 10.5. The Hall–Kier alpha value is -3.76. The van der Waals surface area contributed by atoms with Gasteiger partial charge in [0.05, 0.1) is 29.4 Å². The lowest BCUT2D eigenvalue weighted by Gasteiger charge is -2.15. The van der Waals surface area contributed by atoms with Crippen molar-refractivity contribution < 1.29 is 19.3 Å². The number of nitrogens with zero attached hydrogens (tertiary/aromatic N) is 4. The number of H-pyrrole nitrogens is 1. The third-order valence-corrected chi connectivity index (χ3v) is 8.46. The second kappa shape index (κ2) is 9.42. The van der Waals surface area contributed by atoms with Crippen LogP contribution < -0.4 is 4.74 Å². The van der Waals surface area contributed by atoms with Gasteiger partial charge in [-0.3, -0.25) is 0 Å². The van der Waals surface area contributed by atoms with Gasteiger partial charge < -0.3 is 28.9 Å². The van der Waals surface area contributed by atoms with E-state index in [1.165, 1.54) is 5.56 Å². The highest BCUT2D eigenvalue weighted by molar-refractivity contribution is 6.33. The molecule has 10 heteroatoms. The second-order valence-electron chi connectivity index (χ2n) is 10.6. The van der Waals surface area contributed by atoms with Gasteiger partial charge in [-0.2, -0.15) is 4.98 Å². The molecule has 2 N–H and O–H groups in total. The molecule has 0 spiro atoms. The van der Waals surface area contributed by atoms with E-state index >= 15 is 0 Å². The Kier molecular flexibility index (Phi) is 5.67. The van der Waals surface area contributed by atoms with E-state index in [1.54, 1.807) is 0 Å². The van der Waals surface area contributed by atoms with Gasteiger partial charge in [-0.25, -0.2) is 9.97 Å². The largest absolute Gasteiger partial charge is 0.456 e. The van der Waals surface area contributed by atoms with Gasteiger partial charge in [0.1, 0.15) is 24.1 Å². The van der Waals surface area contributed by atoms with Crippen LogP contribution in [0.2, 0.25) is 5.02 Å². The predicted molar refractivity (Wildman–Crippen MR) is 148 cm³/mol. The maximum Gasteiger partial charge on any atom is 0.296 e. The highest BCUT2D eigenvalue weighted by Crippen LogP contribution is 2.34. The molecule has 2 saturated heterocycles. The van der Waals surface area contributed by atoms with Crippen LogP contribution in [-0.4, -0.2) is 67.2 Å². The minimum atomic E-state index is -0.633. The van der Waals surface area contributed by atoms with E-state index in [0.29, 0.717) is 40.4 Å². The summed E-state index contributed by atoms with van der Waals surface area (Å²) in [5.74, 6) is 1.64. The third kappa shape index (κ3) is 4.08. The van der Waals surface area contributed by atoms with Gasteiger partial charge >= 0.3 is 0 Å². The minimum Gasteiger partial charge on any atom is -0.456 e. The molecule has 8 rings (SSSR count). The number of rotatable bonds is 5. The fourth-order valence-electron chi connectivity index (χ4n) is 6.05. The summed E-state index contributed by atoms with van der Waals surface area (Å²) in [5.41, 5.74) is 6.36. The first-order valence-electron chi connectivity index (χ1n) is 13.4. The Morgan fingerprint density at radius 1 is 0.950 bits per heavy atom. The number of imidazole rings is 2. The van der Waals surface area contributed by atoms with Crippen molar-refractivity contribution in [1.29, 1.82) is 0 Å². The zero-order valence-electron chi connectivity index (χ0n) is 21.4. The fraction of sp³-hybridized carbons (Fsp3) is 0.300. The quantitative estimate of drug-likeness (QED) is 0.331. The highest BCUT2D eigenvalue weighted by atomic mass is 35.5. The van der Waals surface area contributed by atoms with Crippen LogP contribution in [0.1, 0.15) is 17.3 Å². The van der Waals surface area contributed by atoms with Gasteiger partial charge in [-0.1, -0.05) is 60.1 Å². The van der Waals surface area contributed by atoms with Gasteiger partial charge in [0.25, 0.3) is 6.01 Å². The Bertz CT molecular complexity index is 1680. The normalized spacial score (nSPS) is 25.4. The van der Waals surface area contributed by atoms with Crippen LogP contribution in [0.3, 0.4) is 0 Å². The number of aliphatic hydroxyl groups is 1. The zero-order chi connectivity index (χ0) is 26.8. The number of nitrogens with one attached hydrogen (secondary N) is 1. The van der Waals surface area contributed by atoms with Gasteiger partial charge in [-0.15, -0.1) is 0 Å². The SMILES string of the molecule is O[C@@H]1CO[C@H]2[C@@H]1OC[C@H]2Oc1nc2nc(-c3ccc(-c4ccc(C5Cc6nccn6C5)cc4)cc3)c(Cl)cc2[nH]1. The van der Waals surface area contributed by atoms with Crippen LogP contribution in [-0.2, 0) is 22.4 Å². The van der Waals surface area contributed by atoms with Crippen molar-refractivity contribution in [2.45, 2.75) is 43.3 Å².